The van der Waals surface area contributed by atoms with Crippen LogP contribution in [0.25, 0.3) is 0 Å². The molecule has 5 fully saturated rings. The quantitative estimate of drug-likeness (QED) is 0.235. The molecule has 6 rings (SSSR count). The summed E-state index contributed by atoms with van der Waals surface area (Å²) in [7, 11) is 0. The molecule has 5 saturated carbocycles. The van der Waals surface area contributed by atoms with Gasteiger partial charge in [-0.2, -0.15) is 12.6 Å². The second kappa shape index (κ2) is 13.1. The van der Waals surface area contributed by atoms with Gasteiger partial charge in [0.15, 0.2) is 0 Å². The summed E-state index contributed by atoms with van der Waals surface area (Å²) in [5, 5.41) is 12.3. The summed E-state index contributed by atoms with van der Waals surface area (Å²) in [6.45, 7) is 27.6. The average Bonchev–Trinajstić information content (AvgIpc) is 2.98. The van der Waals surface area contributed by atoms with E-state index in [-0.39, 0.29) is 51.7 Å². The van der Waals surface area contributed by atoms with Gasteiger partial charge in [0.1, 0.15) is 0 Å². The topological polar surface area (TPSA) is 23.5 Å². The van der Waals surface area contributed by atoms with E-state index in [0.717, 1.165) is 49.6 Å². The van der Waals surface area contributed by atoms with Crippen molar-refractivity contribution in [2.75, 3.05) is 18.0 Å². The number of aliphatic hydroxyl groups excluding tert-OH is 1. The number of aliphatic hydroxyl groups is 1. The number of benzene rings is 1. The van der Waals surface area contributed by atoms with E-state index in [2.05, 4.69) is 98.4 Å². The van der Waals surface area contributed by atoms with Crippen molar-refractivity contribution in [1.29, 1.82) is 0 Å². The zero-order valence-corrected chi connectivity index (χ0v) is 31.7. The fourth-order valence-electron chi connectivity index (χ4n) is 14.2. The first-order valence-corrected chi connectivity index (χ1v) is 19.8. The average molecular weight is 660 g/mol. The summed E-state index contributed by atoms with van der Waals surface area (Å²) in [6, 6.07) is 8.99. The zero-order valence-electron chi connectivity index (χ0n) is 30.8. The van der Waals surface area contributed by atoms with Gasteiger partial charge in [-0.3, -0.25) is 0 Å². The minimum atomic E-state index is -0.347. The number of thiol groups is 1. The van der Waals surface area contributed by atoms with E-state index in [1.54, 1.807) is 0 Å². The SMILES string of the molecule is CCN(CCCC1C(O)C(S)C(C)(C)[C@@H]2CC[C@]3(C)[C@H](CC[C@@H]4[C@@H]5[C@@H](C)[C@H](C)CC[C@]5(C)CC[C@]43C)[C@@]12C)c1cccc(C)c1.[NaH]. The summed E-state index contributed by atoms with van der Waals surface area (Å²) >= 11 is 5.25. The first-order chi connectivity index (χ1) is 21.1. The van der Waals surface area contributed by atoms with Gasteiger partial charge in [-0.1, -0.05) is 67.5 Å². The molecule has 46 heavy (non-hydrogen) atoms. The van der Waals surface area contributed by atoms with Gasteiger partial charge in [-0.25, -0.2) is 0 Å². The number of aryl methyl sites for hydroxylation is 1. The summed E-state index contributed by atoms with van der Waals surface area (Å²) in [4.78, 5) is 2.55. The van der Waals surface area contributed by atoms with Crippen LogP contribution in [0.1, 0.15) is 132 Å². The van der Waals surface area contributed by atoms with Crippen LogP contribution in [0.3, 0.4) is 0 Å². The molecule has 1 aromatic rings. The van der Waals surface area contributed by atoms with Crippen molar-refractivity contribution in [2.45, 2.75) is 145 Å². The van der Waals surface area contributed by atoms with Crippen LogP contribution in [0.4, 0.5) is 5.69 Å². The second-order valence-corrected chi connectivity index (χ2v) is 19.6. The molecule has 0 aliphatic heterocycles. The Morgan fingerprint density at radius 3 is 2.28 bits per heavy atom. The van der Waals surface area contributed by atoms with Crippen molar-refractivity contribution in [3.63, 3.8) is 0 Å². The van der Waals surface area contributed by atoms with Crippen LogP contribution in [-0.4, -0.2) is 59.1 Å². The van der Waals surface area contributed by atoms with Crippen LogP contribution in [0.2, 0.25) is 0 Å². The van der Waals surface area contributed by atoms with Crippen molar-refractivity contribution in [2.24, 2.45) is 68.5 Å². The molecule has 0 saturated heterocycles. The molecule has 0 amide bonds. The fraction of sp³-hybridized carbons (Fsp3) is 0.857. The van der Waals surface area contributed by atoms with Crippen molar-refractivity contribution >= 4 is 47.9 Å². The van der Waals surface area contributed by atoms with Crippen LogP contribution in [0, 0.1) is 75.4 Å². The summed E-state index contributed by atoms with van der Waals surface area (Å²) in [6.07, 6.45) is 13.0. The third-order valence-electron chi connectivity index (χ3n) is 17.1. The Bertz CT molecular complexity index is 1240. The molecule has 0 heterocycles. The molecule has 0 spiro atoms. The predicted octanol–water partition coefficient (Wildman–Crippen LogP) is 10.2. The van der Waals surface area contributed by atoms with Crippen molar-refractivity contribution in [1.82, 2.24) is 0 Å². The van der Waals surface area contributed by atoms with Crippen LogP contribution >= 0.6 is 12.6 Å². The third-order valence-corrected chi connectivity index (χ3v) is 18.1. The monoisotopic (exact) mass is 660 g/mol. The van der Waals surface area contributed by atoms with Gasteiger partial charge in [0.05, 0.1) is 6.10 Å². The molecule has 0 aromatic heterocycles. The minimum absolute atomic E-state index is 0. The van der Waals surface area contributed by atoms with Gasteiger partial charge in [-0.05, 0) is 164 Å². The number of rotatable bonds is 6. The van der Waals surface area contributed by atoms with Crippen molar-refractivity contribution in [3.05, 3.63) is 29.8 Å². The number of hydrogen-bond donors (Lipinski definition) is 2. The molecular formula is C42H70NNaOS. The standard InChI is InChI=1S/C42H69NOS.Na.H/c1-11-43(30-15-12-14-27(2)26-30)25-13-16-32-36(44)37(45)38(5,6)33-20-22-41(9)34(42(32,33)10)18-17-31-35-29(4)28(3)19-21-39(35,7)23-24-40(31,41)8;;/h12,14-15,26,28-29,31-37,44-45H,11,13,16-25H2,1-10H3;;/t28-,29+,31-,32?,33+,34+,35+,36?,37?,39-,40-,41-,42+;;/m1../s1. The Kier molecular flexibility index (Phi) is 10.7. The molecule has 1 N–H and O–H groups in total. The normalized spacial score (nSPS) is 47.8. The summed E-state index contributed by atoms with van der Waals surface area (Å²) in [5.41, 5.74) is 4.09. The van der Waals surface area contributed by atoms with Crippen LogP contribution in [0.15, 0.2) is 24.3 Å². The molecule has 256 valence electrons. The molecule has 5 aliphatic rings. The van der Waals surface area contributed by atoms with E-state index < -0.39 is 0 Å². The Hall–Kier alpha value is 0.330. The van der Waals surface area contributed by atoms with E-state index in [4.69, 9.17) is 12.6 Å². The van der Waals surface area contributed by atoms with E-state index in [1.807, 2.05) is 0 Å². The number of hydrogen-bond acceptors (Lipinski definition) is 3. The molecule has 1 aromatic carbocycles. The van der Waals surface area contributed by atoms with Crippen LogP contribution in [0.5, 0.6) is 0 Å². The van der Waals surface area contributed by atoms with Gasteiger partial charge in [0, 0.05) is 24.0 Å². The van der Waals surface area contributed by atoms with E-state index >= 15 is 0 Å². The molecule has 2 nitrogen and oxygen atoms in total. The maximum atomic E-state index is 12.3. The Labute approximate surface area is 312 Å². The van der Waals surface area contributed by atoms with Crippen molar-refractivity contribution < 1.29 is 5.11 Å². The third kappa shape index (κ3) is 5.47. The molecule has 5 aliphatic carbocycles. The first kappa shape index (κ1) is 37.6. The number of anilines is 1. The fourth-order valence-corrected chi connectivity index (χ4v) is 14.6. The number of nitrogens with zero attached hydrogens (tertiary/aromatic N) is 1. The van der Waals surface area contributed by atoms with Crippen LogP contribution in [-0.2, 0) is 0 Å². The van der Waals surface area contributed by atoms with E-state index in [0.29, 0.717) is 34.0 Å². The Morgan fingerprint density at radius 1 is 0.891 bits per heavy atom. The van der Waals surface area contributed by atoms with E-state index in [9.17, 15) is 5.11 Å². The molecule has 3 unspecified atom stereocenters. The van der Waals surface area contributed by atoms with Gasteiger partial charge in [0.25, 0.3) is 0 Å². The van der Waals surface area contributed by atoms with Gasteiger partial charge in [-0.15, -0.1) is 0 Å². The maximum absolute atomic E-state index is 12.3. The second-order valence-electron chi connectivity index (χ2n) is 19.0. The molecular weight excluding hydrogens is 590 g/mol. The molecule has 13 atom stereocenters. The Balaban J connectivity index is 0.00000417. The molecule has 4 heteroatoms. The van der Waals surface area contributed by atoms with Crippen LogP contribution < -0.4 is 4.90 Å². The zero-order chi connectivity index (χ0) is 32.7. The number of fused-ring (bicyclic) bond motifs is 7. The van der Waals surface area contributed by atoms with E-state index in [1.165, 1.54) is 62.6 Å². The molecule has 0 radical (unpaired) electrons. The Morgan fingerprint density at radius 2 is 1.61 bits per heavy atom. The predicted molar refractivity (Wildman–Crippen MR) is 203 cm³/mol. The molecule has 0 bridgehead atoms. The first-order valence-electron chi connectivity index (χ1n) is 19.2. The summed E-state index contributed by atoms with van der Waals surface area (Å²) < 4.78 is 0. The van der Waals surface area contributed by atoms with Crippen molar-refractivity contribution in [3.8, 4) is 0 Å². The van der Waals surface area contributed by atoms with Gasteiger partial charge in [0.2, 0.25) is 0 Å². The van der Waals surface area contributed by atoms with Gasteiger partial charge < -0.3 is 10.0 Å². The van der Waals surface area contributed by atoms with Gasteiger partial charge >= 0.3 is 29.6 Å². The summed E-state index contributed by atoms with van der Waals surface area (Å²) in [5.74, 6) is 5.00.